The molecular weight excluding hydrogens is 488 g/mol. The highest BCUT2D eigenvalue weighted by Gasteiger charge is 2.24. The van der Waals surface area contributed by atoms with Gasteiger partial charge in [-0.3, -0.25) is 14.9 Å². The maximum Gasteiger partial charge on any atom is 0.279 e. The predicted octanol–water partition coefficient (Wildman–Crippen LogP) is 4.96. The first-order valence-corrected chi connectivity index (χ1v) is 14.0. The zero-order valence-electron chi connectivity index (χ0n) is 20.1. The Balaban J connectivity index is 1.91. The van der Waals surface area contributed by atoms with Gasteiger partial charge >= 0.3 is 0 Å². The Morgan fingerprint density at radius 2 is 1.69 bits per heavy atom. The second-order valence-electron chi connectivity index (χ2n) is 8.09. The van der Waals surface area contributed by atoms with Crippen LogP contribution in [0, 0.1) is 10.1 Å². The van der Waals surface area contributed by atoms with Gasteiger partial charge in [-0.25, -0.2) is 8.42 Å². The minimum Gasteiger partial charge on any atom is -0.317 e. The van der Waals surface area contributed by atoms with E-state index in [4.69, 9.17) is 0 Å². The van der Waals surface area contributed by atoms with Gasteiger partial charge in [0.15, 0.2) is 4.80 Å². The van der Waals surface area contributed by atoms with Crippen molar-refractivity contribution in [3.8, 4) is 0 Å². The van der Waals surface area contributed by atoms with Crippen molar-refractivity contribution in [3.63, 3.8) is 0 Å². The fourth-order valence-electron chi connectivity index (χ4n) is 3.66. The summed E-state index contributed by atoms with van der Waals surface area (Å²) in [7, 11) is -3.65. The molecule has 0 spiro atoms. The van der Waals surface area contributed by atoms with Gasteiger partial charge in [-0.15, -0.1) is 0 Å². The van der Waals surface area contributed by atoms with Crippen molar-refractivity contribution >= 4 is 43.2 Å². The summed E-state index contributed by atoms with van der Waals surface area (Å²) in [6.45, 7) is 7.42. The first kappa shape index (κ1) is 26.7. The van der Waals surface area contributed by atoms with Gasteiger partial charge < -0.3 is 4.57 Å². The van der Waals surface area contributed by atoms with Crippen LogP contribution >= 0.6 is 11.3 Å². The Morgan fingerprint density at radius 1 is 1.06 bits per heavy atom. The van der Waals surface area contributed by atoms with Crippen LogP contribution in [0.25, 0.3) is 10.2 Å². The van der Waals surface area contributed by atoms with E-state index in [1.54, 1.807) is 6.07 Å². The number of unbranched alkanes of at least 4 members (excludes halogenated alkanes) is 2. The van der Waals surface area contributed by atoms with Gasteiger partial charge in [0.1, 0.15) is 0 Å². The molecule has 3 rings (SSSR count). The molecule has 9 nitrogen and oxygen atoms in total. The summed E-state index contributed by atoms with van der Waals surface area (Å²) in [5.74, 6) is -0.508. The lowest BCUT2D eigenvalue weighted by molar-refractivity contribution is -0.384. The van der Waals surface area contributed by atoms with E-state index in [0.717, 1.165) is 31.2 Å². The summed E-state index contributed by atoms with van der Waals surface area (Å²) in [5, 5.41) is 11.1. The largest absolute Gasteiger partial charge is 0.317 e. The van der Waals surface area contributed by atoms with Crippen molar-refractivity contribution in [1.82, 2.24) is 8.87 Å². The zero-order valence-corrected chi connectivity index (χ0v) is 21.8. The van der Waals surface area contributed by atoms with Crippen molar-refractivity contribution in [2.45, 2.75) is 57.9 Å². The highest BCUT2D eigenvalue weighted by atomic mass is 32.2. The molecule has 0 atom stereocenters. The first-order valence-electron chi connectivity index (χ1n) is 11.7. The minimum absolute atomic E-state index is 0.0244. The number of carbonyl (C=O) groups excluding carboxylic acids is 1. The van der Waals surface area contributed by atoms with Gasteiger partial charge in [-0.05, 0) is 50.1 Å². The van der Waals surface area contributed by atoms with Gasteiger partial charge in [0, 0.05) is 37.3 Å². The fraction of sp³-hybridized carbons (Fsp3) is 0.417. The maximum absolute atomic E-state index is 13.1. The van der Waals surface area contributed by atoms with Crippen LogP contribution in [0.2, 0.25) is 0 Å². The van der Waals surface area contributed by atoms with E-state index in [2.05, 4.69) is 4.99 Å². The van der Waals surface area contributed by atoms with Crippen molar-refractivity contribution in [1.29, 1.82) is 0 Å². The van der Waals surface area contributed by atoms with Gasteiger partial charge in [0.05, 0.1) is 20.0 Å². The van der Waals surface area contributed by atoms with Crippen molar-refractivity contribution in [2.75, 3.05) is 13.1 Å². The Morgan fingerprint density at radius 3 is 2.23 bits per heavy atom. The van der Waals surface area contributed by atoms with Crippen LogP contribution in [0.5, 0.6) is 0 Å². The van der Waals surface area contributed by atoms with E-state index in [1.165, 1.54) is 52.0 Å². The Hall–Kier alpha value is -2.89. The summed E-state index contributed by atoms with van der Waals surface area (Å²) >= 11 is 1.20. The molecule has 1 amide bonds. The Kier molecular flexibility index (Phi) is 8.92. The molecule has 188 valence electrons. The van der Waals surface area contributed by atoms with E-state index in [1.807, 2.05) is 25.3 Å². The summed E-state index contributed by atoms with van der Waals surface area (Å²) < 4.78 is 30.3. The van der Waals surface area contributed by atoms with Crippen molar-refractivity contribution in [2.24, 2.45) is 4.99 Å². The molecule has 0 unspecified atom stereocenters. The molecule has 0 saturated heterocycles. The number of fused-ring (bicyclic) bond motifs is 1. The molecule has 0 N–H and O–H groups in total. The fourth-order valence-corrected chi connectivity index (χ4v) is 6.30. The number of non-ortho nitro benzene ring substituents is 1. The van der Waals surface area contributed by atoms with Crippen LogP contribution in [0.15, 0.2) is 52.4 Å². The average molecular weight is 519 g/mol. The second kappa shape index (κ2) is 11.7. The number of sulfonamides is 1. The van der Waals surface area contributed by atoms with Crippen molar-refractivity contribution in [3.05, 3.63) is 62.9 Å². The van der Waals surface area contributed by atoms with E-state index >= 15 is 0 Å². The molecule has 1 aromatic heterocycles. The number of hydrogen-bond acceptors (Lipinski definition) is 6. The molecule has 0 fully saturated rings. The maximum atomic E-state index is 13.1. The molecule has 0 aliphatic carbocycles. The number of aromatic nitrogens is 1. The number of benzene rings is 2. The van der Waals surface area contributed by atoms with Crippen LogP contribution in [0.1, 0.15) is 56.8 Å². The van der Waals surface area contributed by atoms with E-state index in [9.17, 15) is 23.3 Å². The molecule has 2 aromatic carbocycles. The molecular formula is C24H30N4O5S2. The summed E-state index contributed by atoms with van der Waals surface area (Å²) in [4.78, 5) is 28.3. The minimum atomic E-state index is -3.65. The lowest BCUT2D eigenvalue weighted by Gasteiger charge is -2.22. The number of rotatable bonds is 11. The quantitative estimate of drug-likeness (QED) is 0.263. The molecule has 0 aliphatic rings. The van der Waals surface area contributed by atoms with Gasteiger partial charge in [0.25, 0.3) is 11.6 Å². The normalized spacial score (nSPS) is 12.5. The topological polar surface area (TPSA) is 115 Å². The molecule has 0 aliphatic heterocycles. The summed E-state index contributed by atoms with van der Waals surface area (Å²) in [6.07, 6.45) is 3.37. The van der Waals surface area contributed by atoms with Gasteiger partial charge in [-0.2, -0.15) is 9.30 Å². The zero-order chi connectivity index (χ0) is 25.6. The number of nitrogens with zero attached hydrogens (tertiary/aromatic N) is 4. The highest BCUT2D eigenvalue weighted by Crippen LogP contribution is 2.23. The number of nitro benzene ring substituents is 1. The molecule has 35 heavy (non-hydrogen) atoms. The monoisotopic (exact) mass is 518 g/mol. The Bertz CT molecular complexity index is 1370. The van der Waals surface area contributed by atoms with Crippen molar-refractivity contribution < 1.29 is 18.1 Å². The lowest BCUT2D eigenvalue weighted by atomic mass is 10.2. The third-order valence-corrected chi connectivity index (χ3v) is 8.61. The number of nitro groups is 1. The van der Waals surface area contributed by atoms with E-state index in [0.29, 0.717) is 29.1 Å². The Labute approximate surface area is 208 Å². The lowest BCUT2D eigenvalue weighted by Crippen LogP contribution is -2.33. The molecule has 0 saturated carbocycles. The van der Waals surface area contributed by atoms with Crippen LogP contribution in [-0.2, 0) is 16.6 Å². The molecule has 3 aromatic rings. The van der Waals surface area contributed by atoms with Crippen LogP contribution in [-0.4, -0.2) is 41.2 Å². The SMILES string of the molecule is CCCCN(CCCC)S(=O)(=O)c1ccc(C(=O)N=c2sc3cc([N+](=O)[O-])ccc3n2CC)cc1. The summed E-state index contributed by atoms with van der Waals surface area (Å²) in [6, 6.07) is 10.4. The van der Waals surface area contributed by atoms with Gasteiger partial charge in [0.2, 0.25) is 10.0 Å². The first-order chi connectivity index (χ1) is 16.7. The van der Waals surface area contributed by atoms with E-state index < -0.39 is 20.9 Å². The third kappa shape index (κ3) is 6.03. The highest BCUT2D eigenvalue weighted by molar-refractivity contribution is 7.89. The number of thiazole rings is 1. The van der Waals surface area contributed by atoms with Gasteiger partial charge in [-0.1, -0.05) is 38.0 Å². The smallest absolute Gasteiger partial charge is 0.279 e. The number of aryl methyl sites for hydroxylation is 1. The number of amides is 1. The van der Waals surface area contributed by atoms with Crippen LogP contribution in [0.4, 0.5) is 5.69 Å². The van der Waals surface area contributed by atoms with Crippen LogP contribution in [0.3, 0.4) is 0 Å². The number of hydrogen-bond donors (Lipinski definition) is 0. The molecule has 1 heterocycles. The molecule has 0 bridgehead atoms. The summed E-state index contributed by atoms with van der Waals surface area (Å²) in [5.41, 5.74) is 1.00. The predicted molar refractivity (Wildman–Crippen MR) is 137 cm³/mol. The van der Waals surface area contributed by atoms with Crippen LogP contribution < -0.4 is 4.80 Å². The number of carbonyl (C=O) groups is 1. The van der Waals surface area contributed by atoms with E-state index in [-0.39, 0.29) is 16.1 Å². The standard InChI is InChI=1S/C24H30N4O5S2/c1-4-7-15-26(16-8-5-2)35(32,33)20-12-9-18(10-13-20)23(29)25-24-27(6-3)21-14-11-19(28(30)31)17-22(21)34-24/h9-14,17H,4-8,15-16H2,1-3H3. The molecule has 11 heteroatoms. The average Bonchev–Trinajstić information content (AvgIpc) is 3.19. The molecule has 0 radical (unpaired) electrons. The third-order valence-electron chi connectivity index (χ3n) is 5.65. The second-order valence-corrected chi connectivity index (χ2v) is 11.0.